The van der Waals surface area contributed by atoms with Crippen LogP contribution in [0.4, 0.5) is 0 Å². The van der Waals surface area contributed by atoms with Crippen LogP contribution in [0.25, 0.3) is 0 Å². The Morgan fingerprint density at radius 3 is 3.00 bits per heavy atom. The quantitative estimate of drug-likeness (QED) is 0.730. The number of benzene rings is 1. The van der Waals surface area contributed by atoms with Crippen LogP contribution >= 0.6 is 0 Å². The second kappa shape index (κ2) is 6.02. The molecular weight excluding hydrogens is 186 g/mol. The number of rotatable bonds is 5. The second-order valence-corrected chi connectivity index (χ2v) is 3.58. The summed E-state index contributed by atoms with van der Waals surface area (Å²) >= 11 is 0. The van der Waals surface area contributed by atoms with Gasteiger partial charge in [-0.3, -0.25) is 4.79 Å². The van der Waals surface area contributed by atoms with Crippen molar-refractivity contribution < 1.29 is 4.79 Å². The normalized spacial score (nSPS) is 9.67. The summed E-state index contributed by atoms with van der Waals surface area (Å²) < 4.78 is 0. The number of carbonyl (C=O) groups is 1. The molecule has 15 heavy (non-hydrogen) atoms. The van der Waals surface area contributed by atoms with Gasteiger partial charge in [0.25, 0.3) is 0 Å². The van der Waals surface area contributed by atoms with E-state index in [1.165, 1.54) is 11.1 Å². The van der Waals surface area contributed by atoms with Gasteiger partial charge in [0.05, 0.1) is 0 Å². The van der Waals surface area contributed by atoms with Gasteiger partial charge in [0.1, 0.15) is 0 Å². The predicted octanol–water partition coefficient (Wildman–Crippen LogP) is 2.23. The highest BCUT2D eigenvalue weighted by atomic mass is 16.1. The minimum absolute atomic E-state index is 0.0800. The van der Waals surface area contributed by atoms with Gasteiger partial charge in [-0.1, -0.05) is 35.9 Å². The summed E-state index contributed by atoms with van der Waals surface area (Å²) in [6.45, 7) is 6.15. The van der Waals surface area contributed by atoms with Crippen LogP contribution in [0.15, 0.2) is 36.9 Å². The van der Waals surface area contributed by atoms with Gasteiger partial charge >= 0.3 is 0 Å². The van der Waals surface area contributed by atoms with Crippen LogP contribution in [0.1, 0.15) is 17.5 Å². The van der Waals surface area contributed by atoms with Crippen LogP contribution in [0.3, 0.4) is 0 Å². The molecule has 0 aliphatic rings. The van der Waals surface area contributed by atoms with Crippen molar-refractivity contribution in [1.29, 1.82) is 0 Å². The van der Waals surface area contributed by atoms with E-state index in [0.717, 1.165) is 6.42 Å². The van der Waals surface area contributed by atoms with E-state index >= 15 is 0 Å². The Morgan fingerprint density at radius 1 is 1.53 bits per heavy atom. The van der Waals surface area contributed by atoms with Crippen LogP contribution in [0, 0.1) is 6.92 Å². The van der Waals surface area contributed by atoms with Gasteiger partial charge in [0, 0.05) is 13.0 Å². The van der Waals surface area contributed by atoms with E-state index in [1.54, 1.807) is 6.08 Å². The molecule has 1 aromatic carbocycles. The molecule has 0 aromatic heterocycles. The maximum absolute atomic E-state index is 11.3. The Bertz CT molecular complexity index is 344. The van der Waals surface area contributed by atoms with Crippen LogP contribution in [0.5, 0.6) is 0 Å². The van der Waals surface area contributed by atoms with E-state index in [9.17, 15) is 4.79 Å². The van der Waals surface area contributed by atoms with Gasteiger partial charge in [-0.2, -0.15) is 0 Å². The first kappa shape index (κ1) is 11.5. The second-order valence-electron chi connectivity index (χ2n) is 3.58. The maximum atomic E-state index is 11.3. The number of carbonyl (C=O) groups excluding carboxylic acids is 1. The molecule has 0 aliphatic heterocycles. The van der Waals surface area contributed by atoms with Crippen LogP contribution in [-0.2, 0) is 11.2 Å². The lowest BCUT2D eigenvalue weighted by atomic mass is 10.1. The summed E-state index contributed by atoms with van der Waals surface area (Å²) in [4.78, 5) is 11.3. The number of aryl methyl sites for hydroxylation is 2. The molecule has 0 saturated heterocycles. The smallest absolute Gasteiger partial charge is 0.220 e. The van der Waals surface area contributed by atoms with Crippen molar-refractivity contribution in [2.24, 2.45) is 0 Å². The molecule has 0 heterocycles. The minimum Gasteiger partial charge on any atom is -0.353 e. The largest absolute Gasteiger partial charge is 0.353 e. The standard InChI is InChI=1S/C13H17NO/c1-3-9-14-13(15)8-7-12-6-4-5-11(2)10-12/h3-6,10H,1,7-9H2,2H3,(H,14,15). The number of hydrogen-bond donors (Lipinski definition) is 1. The topological polar surface area (TPSA) is 29.1 Å². The highest BCUT2D eigenvalue weighted by Gasteiger charge is 2.00. The first-order chi connectivity index (χ1) is 7.22. The molecule has 0 aliphatic carbocycles. The molecule has 1 N–H and O–H groups in total. The van der Waals surface area contributed by atoms with Crippen molar-refractivity contribution in [1.82, 2.24) is 5.32 Å². The summed E-state index contributed by atoms with van der Waals surface area (Å²) in [5.74, 6) is 0.0800. The lowest BCUT2D eigenvalue weighted by molar-refractivity contribution is -0.120. The molecule has 0 saturated carbocycles. The van der Waals surface area contributed by atoms with E-state index in [2.05, 4.69) is 31.0 Å². The average molecular weight is 203 g/mol. The first-order valence-corrected chi connectivity index (χ1v) is 5.15. The molecule has 0 radical (unpaired) electrons. The molecule has 2 nitrogen and oxygen atoms in total. The maximum Gasteiger partial charge on any atom is 0.220 e. The summed E-state index contributed by atoms with van der Waals surface area (Å²) in [5.41, 5.74) is 2.45. The van der Waals surface area contributed by atoms with E-state index in [4.69, 9.17) is 0 Å². The zero-order valence-electron chi connectivity index (χ0n) is 9.12. The first-order valence-electron chi connectivity index (χ1n) is 5.15. The Kier molecular flexibility index (Phi) is 4.61. The van der Waals surface area contributed by atoms with Crippen molar-refractivity contribution in [2.45, 2.75) is 19.8 Å². The predicted molar refractivity (Wildman–Crippen MR) is 62.7 cm³/mol. The summed E-state index contributed by atoms with van der Waals surface area (Å²) in [6, 6.07) is 8.24. The number of amides is 1. The molecule has 0 fully saturated rings. The van der Waals surface area contributed by atoms with Crippen molar-refractivity contribution >= 4 is 5.91 Å². The minimum atomic E-state index is 0.0800. The average Bonchev–Trinajstić information content (AvgIpc) is 2.23. The summed E-state index contributed by atoms with van der Waals surface area (Å²) in [7, 11) is 0. The molecular formula is C13H17NO. The van der Waals surface area contributed by atoms with Crippen molar-refractivity contribution in [3.63, 3.8) is 0 Å². The third kappa shape index (κ3) is 4.45. The molecule has 1 aromatic rings. The molecule has 0 atom stereocenters. The van der Waals surface area contributed by atoms with Gasteiger partial charge < -0.3 is 5.32 Å². The van der Waals surface area contributed by atoms with Gasteiger partial charge in [-0.25, -0.2) is 0 Å². The van der Waals surface area contributed by atoms with Gasteiger partial charge in [0.15, 0.2) is 0 Å². The SMILES string of the molecule is C=CCNC(=O)CCc1cccc(C)c1. The van der Waals surface area contributed by atoms with Crippen molar-refractivity contribution in [3.8, 4) is 0 Å². The highest BCUT2D eigenvalue weighted by Crippen LogP contribution is 2.06. The van der Waals surface area contributed by atoms with E-state index in [1.807, 2.05) is 12.1 Å². The Morgan fingerprint density at radius 2 is 2.33 bits per heavy atom. The van der Waals surface area contributed by atoms with E-state index in [-0.39, 0.29) is 5.91 Å². The Balaban J connectivity index is 2.36. The van der Waals surface area contributed by atoms with Crippen LogP contribution < -0.4 is 5.32 Å². The monoisotopic (exact) mass is 203 g/mol. The number of nitrogens with one attached hydrogen (secondary N) is 1. The van der Waals surface area contributed by atoms with Gasteiger partial charge in [-0.15, -0.1) is 6.58 Å². The molecule has 2 heteroatoms. The third-order valence-electron chi connectivity index (χ3n) is 2.17. The van der Waals surface area contributed by atoms with Gasteiger partial charge in [0.2, 0.25) is 5.91 Å². The molecule has 1 amide bonds. The molecule has 80 valence electrons. The fourth-order valence-electron chi connectivity index (χ4n) is 1.40. The van der Waals surface area contributed by atoms with Crippen molar-refractivity contribution in [2.75, 3.05) is 6.54 Å². The van der Waals surface area contributed by atoms with Crippen LogP contribution in [0.2, 0.25) is 0 Å². The summed E-state index contributed by atoms with van der Waals surface area (Å²) in [6.07, 6.45) is 3.02. The fraction of sp³-hybridized carbons (Fsp3) is 0.308. The van der Waals surface area contributed by atoms with E-state index < -0.39 is 0 Å². The highest BCUT2D eigenvalue weighted by molar-refractivity contribution is 5.76. The molecule has 0 spiro atoms. The molecule has 1 rings (SSSR count). The Hall–Kier alpha value is -1.57. The molecule has 0 bridgehead atoms. The van der Waals surface area contributed by atoms with Gasteiger partial charge in [-0.05, 0) is 18.9 Å². The third-order valence-corrected chi connectivity index (χ3v) is 2.17. The lowest BCUT2D eigenvalue weighted by Gasteiger charge is -2.03. The fourth-order valence-corrected chi connectivity index (χ4v) is 1.40. The zero-order chi connectivity index (χ0) is 11.1. The van der Waals surface area contributed by atoms with Crippen molar-refractivity contribution in [3.05, 3.63) is 48.0 Å². The van der Waals surface area contributed by atoms with Crippen LogP contribution in [-0.4, -0.2) is 12.5 Å². The molecule has 0 unspecified atom stereocenters. The lowest BCUT2D eigenvalue weighted by Crippen LogP contribution is -2.23. The summed E-state index contributed by atoms with van der Waals surface area (Å²) in [5, 5.41) is 2.76. The van der Waals surface area contributed by atoms with E-state index in [0.29, 0.717) is 13.0 Å². The Labute approximate surface area is 91.0 Å². The number of hydrogen-bond acceptors (Lipinski definition) is 1. The zero-order valence-corrected chi connectivity index (χ0v) is 9.12.